The number of fused-ring (bicyclic) bond motifs is 1. The summed E-state index contributed by atoms with van der Waals surface area (Å²) in [5.41, 5.74) is 2.40. The molecular weight excluding hydrogens is 309 g/mol. The van der Waals surface area contributed by atoms with Crippen LogP contribution in [0.4, 0.5) is 0 Å². The zero-order valence-electron chi connectivity index (χ0n) is 10.9. The van der Waals surface area contributed by atoms with Crippen molar-refractivity contribution in [3.63, 3.8) is 0 Å². The van der Waals surface area contributed by atoms with Crippen LogP contribution in [0.2, 0.25) is 10.0 Å². The van der Waals surface area contributed by atoms with E-state index in [0.29, 0.717) is 15.6 Å². The molecule has 1 heterocycles. The highest BCUT2D eigenvalue weighted by Gasteiger charge is 2.14. The standard InChI is InChI=1S/C16H11Cl2NO2/c17-11-5-6-14-12(8-11)10(7-16(20)21)9-19(14)15-4-2-1-3-13(15)18/h1-6,8-9H,7H2,(H,20,21). The molecule has 21 heavy (non-hydrogen) atoms. The fourth-order valence-electron chi connectivity index (χ4n) is 2.42. The summed E-state index contributed by atoms with van der Waals surface area (Å²) in [6.45, 7) is 0. The fourth-order valence-corrected chi connectivity index (χ4v) is 2.82. The zero-order chi connectivity index (χ0) is 15.0. The van der Waals surface area contributed by atoms with Gasteiger partial charge in [-0.3, -0.25) is 4.79 Å². The first-order valence-corrected chi connectivity index (χ1v) is 7.08. The molecule has 0 radical (unpaired) electrons. The van der Waals surface area contributed by atoms with Gasteiger partial charge in [0.05, 0.1) is 22.6 Å². The summed E-state index contributed by atoms with van der Waals surface area (Å²) in [6, 6.07) is 12.9. The van der Waals surface area contributed by atoms with Gasteiger partial charge in [-0.25, -0.2) is 0 Å². The summed E-state index contributed by atoms with van der Waals surface area (Å²) in [5, 5.41) is 11.1. The van der Waals surface area contributed by atoms with E-state index in [1.165, 1.54) is 0 Å². The molecule has 3 nitrogen and oxygen atoms in total. The van der Waals surface area contributed by atoms with E-state index < -0.39 is 5.97 Å². The van der Waals surface area contributed by atoms with Gasteiger partial charge in [-0.2, -0.15) is 0 Å². The van der Waals surface area contributed by atoms with Crippen LogP contribution in [0.5, 0.6) is 0 Å². The Morgan fingerprint density at radius 1 is 1.14 bits per heavy atom. The van der Waals surface area contributed by atoms with Gasteiger partial charge < -0.3 is 9.67 Å². The number of para-hydroxylation sites is 1. The molecule has 5 heteroatoms. The summed E-state index contributed by atoms with van der Waals surface area (Å²) < 4.78 is 1.90. The van der Waals surface area contributed by atoms with Crippen molar-refractivity contribution in [2.45, 2.75) is 6.42 Å². The third-order valence-corrected chi connectivity index (χ3v) is 3.86. The summed E-state index contributed by atoms with van der Waals surface area (Å²) >= 11 is 12.3. The number of hydrogen-bond acceptors (Lipinski definition) is 1. The van der Waals surface area contributed by atoms with Gasteiger partial charge in [-0.15, -0.1) is 0 Å². The molecule has 3 rings (SSSR count). The summed E-state index contributed by atoms with van der Waals surface area (Å²) in [5.74, 6) is -0.881. The second kappa shape index (κ2) is 5.43. The number of aliphatic carboxylic acids is 1. The van der Waals surface area contributed by atoms with Gasteiger partial charge in [0.15, 0.2) is 0 Å². The molecule has 0 saturated carbocycles. The lowest BCUT2D eigenvalue weighted by molar-refractivity contribution is -0.136. The Balaban J connectivity index is 2.29. The minimum Gasteiger partial charge on any atom is -0.481 e. The van der Waals surface area contributed by atoms with Gasteiger partial charge in [-0.05, 0) is 35.9 Å². The number of carboxylic acids is 1. The molecule has 0 fully saturated rings. The average Bonchev–Trinajstić information content (AvgIpc) is 2.77. The molecule has 0 aliphatic rings. The van der Waals surface area contributed by atoms with Crippen LogP contribution in [-0.4, -0.2) is 15.6 Å². The number of nitrogens with zero attached hydrogens (tertiary/aromatic N) is 1. The minimum atomic E-state index is -0.881. The Labute approximate surface area is 131 Å². The van der Waals surface area contributed by atoms with Crippen molar-refractivity contribution in [2.75, 3.05) is 0 Å². The molecule has 2 aromatic carbocycles. The van der Waals surface area contributed by atoms with Crippen LogP contribution >= 0.6 is 23.2 Å². The Hall–Kier alpha value is -1.97. The summed E-state index contributed by atoms with van der Waals surface area (Å²) in [6.07, 6.45) is 1.74. The zero-order valence-corrected chi connectivity index (χ0v) is 12.4. The van der Waals surface area contributed by atoms with Crippen molar-refractivity contribution in [1.82, 2.24) is 4.57 Å². The first-order chi connectivity index (χ1) is 10.1. The predicted molar refractivity (Wildman–Crippen MR) is 84.6 cm³/mol. The van der Waals surface area contributed by atoms with Gasteiger partial charge in [-0.1, -0.05) is 35.3 Å². The smallest absolute Gasteiger partial charge is 0.307 e. The van der Waals surface area contributed by atoms with Gasteiger partial charge >= 0.3 is 5.97 Å². The molecule has 0 spiro atoms. The van der Waals surface area contributed by atoms with E-state index in [1.54, 1.807) is 24.4 Å². The number of halogens is 2. The third kappa shape index (κ3) is 2.62. The molecule has 0 unspecified atom stereocenters. The van der Waals surface area contributed by atoms with E-state index in [4.69, 9.17) is 28.3 Å². The Bertz CT molecular complexity index is 839. The van der Waals surface area contributed by atoms with Gasteiger partial charge in [0.2, 0.25) is 0 Å². The number of hydrogen-bond donors (Lipinski definition) is 1. The largest absolute Gasteiger partial charge is 0.481 e. The van der Waals surface area contributed by atoms with E-state index in [1.807, 2.05) is 28.8 Å². The van der Waals surface area contributed by atoms with Crippen LogP contribution in [-0.2, 0) is 11.2 Å². The summed E-state index contributed by atoms with van der Waals surface area (Å²) in [7, 11) is 0. The van der Waals surface area contributed by atoms with Crippen molar-refractivity contribution in [1.29, 1.82) is 0 Å². The first kappa shape index (κ1) is 14.0. The van der Waals surface area contributed by atoms with Crippen LogP contribution in [0.25, 0.3) is 16.6 Å². The van der Waals surface area contributed by atoms with Crippen molar-refractivity contribution >= 4 is 40.1 Å². The number of aromatic nitrogens is 1. The van der Waals surface area contributed by atoms with Crippen LogP contribution in [0.3, 0.4) is 0 Å². The quantitative estimate of drug-likeness (QED) is 0.768. The fraction of sp³-hybridized carbons (Fsp3) is 0.0625. The summed E-state index contributed by atoms with van der Waals surface area (Å²) in [4.78, 5) is 11.0. The topological polar surface area (TPSA) is 42.2 Å². The van der Waals surface area contributed by atoms with E-state index in [-0.39, 0.29) is 6.42 Å². The highest BCUT2D eigenvalue weighted by Crippen LogP contribution is 2.30. The monoisotopic (exact) mass is 319 g/mol. The Morgan fingerprint density at radius 2 is 1.90 bits per heavy atom. The third-order valence-electron chi connectivity index (χ3n) is 3.30. The molecule has 1 aromatic heterocycles. The molecule has 0 saturated heterocycles. The number of rotatable bonds is 3. The Morgan fingerprint density at radius 3 is 2.62 bits per heavy atom. The van der Waals surface area contributed by atoms with Crippen LogP contribution < -0.4 is 0 Å². The van der Waals surface area contributed by atoms with Crippen molar-refractivity contribution in [3.05, 3.63) is 64.3 Å². The molecular formula is C16H11Cl2NO2. The molecule has 0 bridgehead atoms. The molecule has 0 aliphatic carbocycles. The van der Waals surface area contributed by atoms with Crippen LogP contribution in [0.15, 0.2) is 48.7 Å². The molecule has 106 valence electrons. The maximum Gasteiger partial charge on any atom is 0.307 e. The number of benzene rings is 2. The maximum atomic E-state index is 11.0. The van der Waals surface area contributed by atoms with E-state index >= 15 is 0 Å². The van der Waals surface area contributed by atoms with Gasteiger partial charge in [0.1, 0.15) is 0 Å². The molecule has 3 aromatic rings. The minimum absolute atomic E-state index is 0.0612. The second-order valence-corrected chi connectivity index (χ2v) is 5.55. The lowest BCUT2D eigenvalue weighted by Crippen LogP contribution is -1.99. The molecule has 1 N–H and O–H groups in total. The highest BCUT2D eigenvalue weighted by atomic mass is 35.5. The van der Waals surface area contributed by atoms with Crippen molar-refractivity contribution in [2.24, 2.45) is 0 Å². The number of carboxylic acid groups (broad SMARTS) is 1. The molecule has 0 aliphatic heterocycles. The molecule has 0 amide bonds. The lowest BCUT2D eigenvalue weighted by Gasteiger charge is -2.07. The van der Waals surface area contributed by atoms with E-state index in [0.717, 1.165) is 16.6 Å². The maximum absolute atomic E-state index is 11.0. The number of carbonyl (C=O) groups is 1. The first-order valence-electron chi connectivity index (χ1n) is 6.32. The van der Waals surface area contributed by atoms with Crippen molar-refractivity contribution < 1.29 is 9.90 Å². The van der Waals surface area contributed by atoms with Crippen molar-refractivity contribution in [3.8, 4) is 5.69 Å². The average molecular weight is 320 g/mol. The molecule has 0 atom stereocenters. The second-order valence-electron chi connectivity index (χ2n) is 4.71. The lowest BCUT2D eigenvalue weighted by atomic mass is 10.1. The SMILES string of the molecule is O=C(O)Cc1cn(-c2ccccc2Cl)c2ccc(Cl)cc12. The van der Waals surface area contributed by atoms with Crippen LogP contribution in [0, 0.1) is 0 Å². The normalized spacial score (nSPS) is 11.0. The Kier molecular flexibility index (Phi) is 3.62. The predicted octanol–water partition coefficient (Wildman–Crippen LogP) is 4.56. The van der Waals surface area contributed by atoms with Gasteiger partial charge in [0, 0.05) is 16.6 Å². The van der Waals surface area contributed by atoms with Gasteiger partial charge in [0.25, 0.3) is 0 Å². The van der Waals surface area contributed by atoms with E-state index in [2.05, 4.69) is 0 Å². The van der Waals surface area contributed by atoms with Crippen LogP contribution in [0.1, 0.15) is 5.56 Å². The van der Waals surface area contributed by atoms with E-state index in [9.17, 15) is 4.79 Å². The highest BCUT2D eigenvalue weighted by molar-refractivity contribution is 6.32.